The Labute approximate surface area is 92.1 Å². The summed E-state index contributed by atoms with van der Waals surface area (Å²) in [5.41, 5.74) is 0.766. The van der Waals surface area contributed by atoms with Crippen LogP contribution in [-0.2, 0) is 0 Å². The number of halogens is 1. The molecule has 0 unspecified atom stereocenters. The van der Waals surface area contributed by atoms with Gasteiger partial charge in [0.15, 0.2) is 0 Å². The first-order valence-corrected chi connectivity index (χ1v) is 4.12. The Morgan fingerprint density at radius 3 is 1.55 bits per heavy atom. The van der Waals surface area contributed by atoms with Gasteiger partial charge in [-0.3, -0.25) is 0 Å². The van der Waals surface area contributed by atoms with Crippen LogP contribution in [0.2, 0.25) is 0 Å². The summed E-state index contributed by atoms with van der Waals surface area (Å²) in [6.45, 7) is 2.46. The van der Waals surface area contributed by atoms with Gasteiger partial charge in [0, 0.05) is 0 Å². The molecular formula is C9H15ClMg. The van der Waals surface area contributed by atoms with Crippen LogP contribution in [0.3, 0.4) is 0 Å². The minimum absolute atomic E-state index is 0. The molecule has 2 bridgehead atoms. The molecule has 60 valence electrons. The number of hydrogen-bond acceptors (Lipinski definition) is 0. The molecule has 0 N–H and O–H groups in total. The molecule has 0 aromatic rings. The first-order chi connectivity index (χ1) is 4.29. The van der Waals surface area contributed by atoms with Crippen LogP contribution in [0, 0.1) is 11.3 Å². The molecule has 3 aliphatic rings. The van der Waals surface area contributed by atoms with Gasteiger partial charge in [0.1, 0.15) is 0 Å². The van der Waals surface area contributed by atoms with Crippen molar-refractivity contribution in [3.63, 3.8) is 0 Å². The summed E-state index contributed by atoms with van der Waals surface area (Å²) in [5.74, 6) is 1.86. The van der Waals surface area contributed by atoms with Crippen LogP contribution in [0.25, 0.3) is 0 Å². The minimum Gasteiger partial charge on any atom is -1.00 e. The molecule has 0 amide bonds. The summed E-state index contributed by atoms with van der Waals surface area (Å²) in [4.78, 5) is 0. The Morgan fingerprint density at radius 2 is 1.36 bits per heavy atom. The van der Waals surface area contributed by atoms with Crippen molar-refractivity contribution in [3.05, 3.63) is 5.92 Å². The fourth-order valence-electron chi connectivity index (χ4n) is 2.19. The van der Waals surface area contributed by atoms with Crippen molar-refractivity contribution in [3.8, 4) is 0 Å². The van der Waals surface area contributed by atoms with E-state index in [0.29, 0.717) is 0 Å². The second kappa shape index (κ2) is 4.34. The summed E-state index contributed by atoms with van der Waals surface area (Å²) >= 11 is 0. The van der Waals surface area contributed by atoms with Gasteiger partial charge in [-0.05, 0) is 5.41 Å². The quantitative estimate of drug-likeness (QED) is 0.352. The van der Waals surface area contributed by atoms with Crippen LogP contribution >= 0.6 is 0 Å². The van der Waals surface area contributed by atoms with E-state index in [1.54, 1.807) is 0 Å². The second-order valence-electron chi connectivity index (χ2n) is 4.06. The molecule has 0 radical (unpaired) electrons. The Balaban J connectivity index is 0.000000500. The Bertz CT molecular complexity index is 103. The first-order valence-electron chi connectivity index (χ1n) is 4.12. The smallest absolute Gasteiger partial charge is 1.00 e. The van der Waals surface area contributed by atoms with E-state index >= 15 is 0 Å². The maximum absolute atomic E-state index is 2.46. The van der Waals surface area contributed by atoms with E-state index in [2.05, 4.69) is 6.92 Å². The average molecular weight is 183 g/mol. The Morgan fingerprint density at radius 1 is 1.00 bits per heavy atom. The van der Waals surface area contributed by atoms with Gasteiger partial charge in [0.05, 0.1) is 0 Å². The zero-order valence-corrected chi connectivity index (χ0v) is 9.50. The van der Waals surface area contributed by atoms with Crippen molar-refractivity contribution in [2.45, 2.75) is 45.4 Å². The monoisotopic (exact) mass is 182 g/mol. The summed E-state index contributed by atoms with van der Waals surface area (Å²) in [6, 6.07) is 0. The second-order valence-corrected chi connectivity index (χ2v) is 4.06. The molecular weight excluding hydrogens is 168 g/mol. The van der Waals surface area contributed by atoms with E-state index < -0.39 is 0 Å². The van der Waals surface area contributed by atoms with Crippen LogP contribution in [0.15, 0.2) is 0 Å². The number of fused-ring (bicyclic) bond motifs is 3. The molecule has 3 saturated carbocycles. The molecule has 3 fully saturated rings. The Kier molecular flexibility index (Phi) is 4.75. The van der Waals surface area contributed by atoms with Crippen molar-refractivity contribution in [1.29, 1.82) is 0 Å². The summed E-state index contributed by atoms with van der Waals surface area (Å²) < 4.78 is 0. The molecule has 0 saturated heterocycles. The summed E-state index contributed by atoms with van der Waals surface area (Å²) in [5, 5.41) is 0. The first kappa shape index (κ1) is 12.1. The van der Waals surface area contributed by atoms with Crippen LogP contribution in [0.1, 0.15) is 45.4 Å². The van der Waals surface area contributed by atoms with Gasteiger partial charge in [-0.15, -0.1) is 0 Å². The van der Waals surface area contributed by atoms with E-state index in [9.17, 15) is 0 Å². The van der Waals surface area contributed by atoms with Crippen LogP contribution in [0.5, 0.6) is 0 Å². The largest absolute Gasteiger partial charge is 2.00 e. The normalized spacial score (nSPS) is 27.0. The molecule has 0 aromatic heterocycles. The molecule has 0 aromatic carbocycles. The van der Waals surface area contributed by atoms with Crippen molar-refractivity contribution in [1.82, 2.24) is 0 Å². The predicted molar refractivity (Wildman–Crippen MR) is 44.8 cm³/mol. The van der Waals surface area contributed by atoms with Gasteiger partial charge in [-0.1, -0.05) is 26.2 Å². The average Bonchev–Trinajstić information content (AvgIpc) is 1.90. The topological polar surface area (TPSA) is 0 Å². The molecule has 0 aliphatic heterocycles. The standard InChI is InChI=1S/C9H15.ClH.Mg/c1-9-5-2-8(3-6-9)4-7-9;;/h2-7H2,1H3;1H;/q-1;;+2/p-1. The fourth-order valence-corrected chi connectivity index (χ4v) is 2.19. The zero-order valence-electron chi connectivity index (χ0n) is 7.33. The van der Waals surface area contributed by atoms with Gasteiger partial charge < -0.3 is 18.3 Å². The van der Waals surface area contributed by atoms with Crippen molar-refractivity contribution < 1.29 is 12.4 Å². The fraction of sp³-hybridized carbons (Fsp3) is 0.889. The minimum atomic E-state index is 0. The third-order valence-electron chi connectivity index (χ3n) is 3.25. The van der Waals surface area contributed by atoms with E-state index in [1.807, 2.05) is 5.92 Å². The van der Waals surface area contributed by atoms with Crippen LogP contribution < -0.4 is 12.4 Å². The van der Waals surface area contributed by atoms with Crippen molar-refractivity contribution in [2.75, 3.05) is 0 Å². The summed E-state index contributed by atoms with van der Waals surface area (Å²) in [6.07, 6.45) is 8.83. The van der Waals surface area contributed by atoms with E-state index in [-0.39, 0.29) is 35.5 Å². The third-order valence-corrected chi connectivity index (χ3v) is 3.25. The SMILES string of the molecule is CC12CC[C-](CC1)CC2.[Cl-].[Mg+2]. The molecule has 3 aliphatic carbocycles. The molecule has 0 nitrogen and oxygen atoms in total. The van der Waals surface area contributed by atoms with E-state index in [1.165, 1.54) is 38.5 Å². The van der Waals surface area contributed by atoms with Crippen molar-refractivity contribution >= 4 is 23.1 Å². The van der Waals surface area contributed by atoms with Gasteiger partial charge in [0.25, 0.3) is 0 Å². The van der Waals surface area contributed by atoms with Gasteiger partial charge >= 0.3 is 23.1 Å². The predicted octanol–water partition coefficient (Wildman–Crippen LogP) is -0.442. The van der Waals surface area contributed by atoms with Crippen LogP contribution in [0.4, 0.5) is 0 Å². The molecule has 2 heteroatoms. The van der Waals surface area contributed by atoms with Gasteiger partial charge in [-0.2, -0.15) is 19.3 Å². The number of hydrogen-bond donors (Lipinski definition) is 0. The summed E-state index contributed by atoms with van der Waals surface area (Å²) in [7, 11) is 0. The maximum Gasteiger partial charge on any atom is 2.00 e. The van der Waals surface area contributed by atoms with E-state index in [4.69, 9.17) is 0 Å². The maximum atomic E-state index is 2.46. The molecule has 0 heterocycles. The number of rotatable bonds is 0. The van der Waals surface area contributed by atoms with Crippen molar-refractivity contribution in [2.24, 2.45) is 5.41 Å². The van der Waals surface area contributed by atoms with Gasteiger partial charge in [0.2, 0.25) is 0 Å². The molecule has 3 rings (SSSR count). The zero-order chi connectivity index (χ0) is 6.32. The Hall–Kier alpha value is 1.06. The molecule has 0 atom stereocenters. The van der Waals surface area contributed by atoms with Crippen LogP contribution in [-0.4, -0.2) is 23.1 Å². The molecule has 0 spiro atoms. The third kappa shape index (κ3) is 2.50. The van der Waals surface area contributed by atoms with E-state index in [0.717, 1.165) is 5.41 Å². The van der Waals surface area contributed by atoms with Gasteiger partial charge in [-0.25, -0.2) is 0 Å². The molecule has 11 heavy (non-hydrogen) atoms.